The standard InChI is InChI=1S/C29H33N3O3/c1-18-14-19(2)24(20(3)15-18)17-26(30)29(34)31-27-12-13-32(21(4)33)28-11-10-23(16-25(27)28)35-22-8-6-5-7-9-22/h5-11,14-16,26-27H,12-13,17,30H2,1-4H3,(H,31,34)/t26-,27-/m0/s1. The molecule has 3 N–H and O–H groups in total. The summed E-state index contributed by atoms with van der Waals surface area (Å²) < 4.78 is 6.02. The van der Waals surface area contributed by atoms with Gasteiger partial charge in [-0.05, 0) is 80.6 Å². The topological polar surface area (TPSA) is 84.7 Å². The molecule has 0 aliphatic carbocycles. The first-order valence-corrected chi connectivity index (χ1v) is 12.0. The molecule has 4 rings (SSSR count). The molecule has 2 amide bonds. The Kier molecular flexibility index (Phi) is 7.22. The Morgan fingerprint density at radius 2 is 1.71 bits per heavy atom. The van der Waals surface area contributed by atoms with Crippen LogP contribution in [0.25, 0.3) is 0 Å². The first kappa shape index (κ1) is 24.5. The number of benzene rings is 3. The third-order valence-corrected chi connectivity index (χ3v) is 6.58. The van der Waals surface area contributed by atoms with Gasteiger partial charge in [0.15, 0.2) is 0 Å². The molecule has 0 radical (unpaired) electrons. The van der Waals surface area contributed by atoms with Crippen molar-refractivity contribution in [1.29, 1.82) is 0 Å². The van der Waals surface area contributed by atoms with Crippen LogP contribution in [0.3, 0.4) is 0 Å². The quantitative estimate of drug-likeness (QED) is 0.536. The molecule has 0 spiro atoms. The average molecular weight is 472 g/mol. The van der Waals surface area contributed by atoms with Crippen molar-refractivity contribution in [3.63, 3.8) is 0 Å². The number of rotatable bonds is 6. The van der Waals surface area contributed by atoms with Gasteiger partial charge in [0.1, 0.15) is 11.5 Å². The molecule has 1 aliphatic heterocycles. The van der Waals surface area contributed by atoms with Crippen LogP contribution in [0.15, 0.2) is 60.7 Å². The Balaban J connectivity index is 1.56. The molecule has 6 nitrogen and oxygen atoms in total. The SMILES string of the molecule is CC(=O)N1CC[C@H](NC(=O)[C@@H](N)Cc2c(C)cc(C)cc2C)c2cc(Oc3ccccc3)ccc21. The van der Waals surface area contributed by atoms with Crippen LogP contribution in [-0.4, -0.2) is 24.4 Å². The van der Waals surface area contributed by atoms with Gasteiger partial charge in [0.05, 0.1) is 12.1 Å². The Morgan fingerprint density at radius 3 is 2.37 bits per heavy atom. The number of nitrogens with zero attached hydrogens (tertiary/aromatic N) is 1. The van der Waals surface area contributed by atoms with Gasteiger partial charge in [-0.25, -0.2) is 0 Å². The zero-order chi connectivity index (χ0) is 25.1. The summed E-state index contributed by atoms with van der Waals surface area (Å²) in [6, 6.07) is 18.5. The lowest BCUT2D eigenvalue weighted by molar-refractivity contribution is -0.123. The van der Waals surface area contributed by atoms with E-state index in [0.29, 0.717) is 25.1 Å². The predicted molar refractivity (Wildman–Crippen MR) is 139 cm³/mol. The van der Waals surface area contributed by atoms with Crippen LogP contribution >= 0.6 is 0 Å². The summed E-state index contributed by atoms with van der Waals surface area (Å²) in [5, 5.41) is 3.14. The highest BCUT2D eigenvalue weighted by Crippen LogP contribution is 2.37. The highest BCUT2D eigenvalue weighted by Gasteiger charge is 2.30. The summed E-state index contributed by atoms with van der Waals surface area (Å²) in [5.74, 6) is 1.13. The van der Waals surface area contributed by atoms with Crippen LogP contribution in [0, 0.1) is 20.8 Å². The number of aryl methyl sites for hydroxylation is 3. The molecule has 35 heavy (non-hydrogen) atoms. The monoisotopic (exact) mass is 471 g/mol. The average Bonchev–Trinajstić information content (AvgIpc) is 2.82. The molecule has 0 saturated heterocycles. The second-order valence-corrected chi connectivity index (χ2v) is 9.34. The number of nitrogens with two attached hydrogens (primary N) is 1. The summed E-state index contributed by atoms with van der Waals surface area (Å²) in [5.41, 5.74) is 12.6. The molecule has 0 fully saturated rings. The Morgan fingerprint density at radius 1 is 1.03 bits per heavy atom. The Labute approximate surface area is 207 Å². The molecule has 6 heteroatoms. The van der Waals surface area contributed by atoms with Crippen molar-refractivity contribution >= 4 is 17.5 Å². The zero-order valence-corrected chi connectivity index (χ0v) is 20.8. The lowest BCUT2D eigenvalue weighted by Gasteiger charge is -2.35. The fourth-order valence-electron chi connectivity index (χ4n) is 4.88. The number of amides is 2. The van der Waals surface area contributed by atoms with E-state index in [9.17, 15) is 9.59 Å². The third kappa shape index (κ3) is 5.54. The number of carbonyl (C=O) groups is 2. The lowest BCUT2D eigenvalue weighted by atomic mass is 9.93. The predicted octanol–water partition coefficient (Wildman–Crippen LogP) is 4.89. The van der Waals surface area contributed by atoms with Gasteiger partial charge in [-0.2, -0.15) is 0 Å². The van der Waals surface area contributed by atoms with Crippen molar-refractivity contribution in [2.24, 2.45) is 5.73 Å². The highest BCUT2D eigenvalue weighted by molar-refractivity contribution is 5.93. The Hall–Kier alpha value is -3.64. The molecular weight excluding hydrogens is 438 g/mol. The van der Waals surface area contributed by atoms with Crippen molar-refractivity contribution in [3.8, 4) is 11.5 Å². The molecule has 2 atom stereocenters. The summed E-state index contributed by atoms with van der Waals surface area (Å²) in [7, 11) is 0. The number of anilines is 1. The molecule has 0 saturated carbocycles. The van der Waals surface area contributed by atoms with Gasteiger partial charge in [0, 0.05) is 24.7 Å². The minimum absolute atomic E-state index is 0.0326. The summed E-state index contributed by atoms with van der Waals surface area (Å²) >= 11 is 0. The van der Waals surface area contributed by atoms with E-state index in [1.165, 1.54) is 5.56 Å². The number of nitrogens with one attached hydrogen (secondary N) is 1. The minimum atomic E-state index is -0.673. The normalized spacial score (nSPS) is 15.8. The first-order valence-electron chi connectivity index (χ1n) is 12.0. The van der Waals surface area contributed by atoms with Crippen LogP contribution in [0.4, 0.5) is 5.69 Å². The summed E-state index contributed by atoms with van der Waals surface area (Å²) in [6.45, 7) is 8.26. The maximum atomic E-state index is 13.2. The van der Waals surface area contributed by atoms with E-state index in [-0.39, 0.29) is 17.9 Å². The molecule has 0 aromatic heterocycles. The third-order valence-electron chi connectivity index (χ3n) is 6.58. The lowest BCUT2D eigenvalue weighted by Crippen LogP contribution is -2.46. The fraction of sp³-hybridized carbons (Fsp3) is 0.310. The van der Waals surface area contributed by atoms with Gasteiger partial charge in [0.25, 0.3) is 0 Å². The van der Waals surface area contributed by atoms with Crippen molar-refractivity contribution in [2.45, 2.75) is 52.6 Å². The number of carbonyl (C=O) groups excluding carboxylic acids is 2. The molecule has 1 aliphatic rings. The van der Waals surface area contributed by atoms with Gasteiger partial charge < -0.3 is 20.7 Å². The van der Waals surface area contributed by atoms with Crippen LogP contribution < -0.4 is 20.7 Å². The number of fused-ring (bicyclic) bond motifs is 1. The van der Waals surface area contributed by atoms with Crippen molar-refractivity contribution in [2.75, 3.05) is 11.4 Å². The van der Waals surface area contributed by atoms with Crippen LogP contribution in [0.5, 0.6) is 11.5 Å². The van der Waals surface area contributed by atoms with Gasteiger partial charge in [0.2, 0.25) is 11.8 Å². The van der Waals surface area contributed by atoms with Crippen LogP contribution in [-0.2, 0) is 16.0 Å². The zero-order valence-electron chi connectivity index (χ0n) is 20.8. The van der Waals surface area contributed by atoms with E-state index in [4.69, 9.17) is 10.5 Å². The molecule has 182 valence electrons. The Bertz CT molecular complexity index is 1220. The highest BCUT2D eigenvalue weighted by atomic mass is 16.5. The van der Waals surface area contributed by atoms with E-state index in [2.05, 4.69) is 38.2 Å². The van der Waals surface area contributed by atoms with Crippen molar-refractivity contribution in [1.82, 2.24) is 5.32 Å². The number of hydrogen-bond acceptors (Lipinski definition) is 4. The summed E-state index contributed by atoms with van der Waals surface area (Å²) in [6.07, 6.45) is 1.07. The van der Waals surface area contributed by atoms with E-state index in [1.807, 2.05) is 48.5 Å². The molecule has 0 bridgehead atoms. The second-order valence-electron chi connectivity index (χ2n) is 9.34. The minimum Gasteiger partial charge on any atom is -0.457 e. The van der Waals surface area contributed by atoms with Gasteiger partial charge in [-0.3, -0.25) is 9.59 Å². The van der Waals surface area contributed by atoms with Crippen molar-refractivity contribution in [3.05, 3.63) is 88.5 Å². The summed E-state index contributed by atoms with van der Waals surface area (Å²) in [4.78, 5) is 27.2. The maximum absolute atomic E-state index is 13.2. The molecule has 3 aromatic rings. The van der Waals surface area contributed by atoms with E-state index in [0.717, 1.165) is 33.7 Å². The van der Waals surface area contributed by atoms with Gasteiger partial charge >= 0.3 is 0 Å². The number of ether oxygens (including phenoxy) is 1. The molecule has 1 heterocycles. The van der Waals surface area contributed by atoms with Gasteiger partial charge in [-0.1, -0.05) is 35.9 Å². The van der Waals surface area contributed by atoms with Crippen LogP contribution in [0.1, 0.15) is 47.2 Å². The first-order chi connectivity index (χ1) is 16.7. The second kappa shape index (κ2) is 10.3. The smallest absolute Gasteiger partial charge is 0.237 e. The van der Waals surface area contributed by atoms with Crippen molar-refractivity contribution < 1.29 is 14.3 Å². The molecular formula is C29H33N3O3. The molecule has 0 unspecified atom stereocenters. The molecule has 3 aromatic carbocycles. The van der Waals surface area contributed by atoms with Gasteiger partial charge in [-0.15, -0.1) is 0 Å². The largest absolute Gasteiger partial charge is 0.457 e. The number of para-hydroxylation sites is 1. The maximum Gasteiger partial charge on any atom is 0.237 e. The van der Waals surface area contributed by atoms with E-state index >= 15 is 0 Å². The fourth-order valence-corrected chi connectivity index (χ4v) is 4.88. The van der Waals surface area contributed by atoms with E-state index < -0.39 is 6.04 Å². The van der Waals surface area contributed by atoms with E-state index in [1.54, 1.807) is 11.8 Å². The van der Waals surface area contributed by atoms with Crippen LogP contribution in [0.2, 0.25) is 0 Å². The number of hydrogen-bond donors (Lipinski definition) is 2.